The summed E-state index contributed by atoms with van der Waals surface area (Å²) in [5.74, 6) is -1.35. The summed E-state index contributed by atoms with van der Waals surface area (Å²) in [7, 11) is 0. The second-order valence-corrected chi connectivity index (χ2v) is 3.56. The minimum atomic E-state index is -0.852. The van der Waals surface area contributed by atoms with Gasteiger partial charge in [-0.2, -0.15) is 0 Å². The predicted molar refractivity (Wildman–Crippen MR) is 52.5 cm³/mol. The molecule has 0 aromatic rings. The average molecular weight is 199 g/mol. The fourth-order valence-electron chi connectivity index (χ4n) is 1.85. The molecule has 1 atom stereocenters. The van der Waals surface area contributed by atoms with Crippen molar-refractivity contribution in [1.82, 2.24) is 4.90 Å². The molecule has 1 amide bonds. The van der Waals surface area contributed by atoms with Crippen molar-refractivity contribution in [2.45, 2.75) is 25.3 Å². The molecule has 80 valence electrons. The number of Topliss-reactive ketones (excluding diaryl/α,β-unsaturated/α-hetero) is 1. The summed E-state index contributed by atoms with van der Waals surface area (Å²) in [6, 6.07) is -0.389. The molecule has 0 aromatic heterocycles. The first kappa shape index (κ1) is 11.1. The zero-order chi connectivity index (χ0) is 10.6. The summed E-state index contributed by atoms with van der Waals surface area (Å²) in [6.45, 7) is 2.13. The van der Waals surface area contributed by atoms with Crippen LogP contribution in [0.15, 0.2) is 0 Å². The molecular weight excluding hydrogens is 182 g/mol. The SMILES string of the molecule is NCCC(C(=O)C(N)=O)N1CCCC1. The number of hydrogen-bond donors (Lipinski definition) is 2. The van der Waals surface area contributed by atoms with E-state index in [9.17, 15) is 9.59 Å². The molecule has 5 nitrogen and oxygen atoms in total. The van der Waals surface area contributed by atoms with E-state index in [-0.39, 0.29) is 6.04 Å². The Morgan fingerprint density at radius 3 is 2.29 bits per heavy atom. The van der Waals surface area contributed by atoms with E-state index in [4.69, 9.17) is 11.5 Å². The molecule has 1 fully saturated rings. The standard InChI is InChI=1S/C9H17N3O2/c10-4-3-7(8(13)9(11)14)12-5-1-2-6-12/h7H,1-6,10H2,(H2,11,14). The molecule has 5 heteroatoms. The Kier molecular flexibility index (Phi) is 4.03. The molecule has 1 aliphatic rings. The first-order chi connectivity index (χ1) is 6.66. The van der Waals surface area contributed by atoms with Gasteiger partial charge >= 0.3 is 0 Å². The highest BCUT2D eigenvalue weighted by atomic mass is 16.2. The molecule has 1 rings (SSSR count). The lowest BCUT2D eigenvalue weighted by Gasteiger charge is -2.24. The molecule has 1 saturated heterocycles. The average Bonchev–Trinajstić information content (AvgIpc) is 2.65. The van der Waals surface area contributed by atoms with Crippen LogP contribution in [0.2, 0.25) is 0 Å². The summed E-state index contributed by atoms with van der Waals surface area (Å²) >= 11 is 0. The van der Waals surface area contributed by atoms with E-state index in [1.807, 2.05) is 4.90 Å². The fourth-order valence-corrected chi connectivity index (χ4v) is 1.85. The Morgan fingerprint density at radius 2 is 1.86 bits per heavy atom. The number of rotatable bonds is 5. The van der Waals surface area contributed by atoms with Gasteiger partial charge < -0.3 is 11.5 Å². The van der Waals surface area contributed by atoms with Gasteiger partial charge in [-0.25, -0.2) is 0 Å². The summed E-state index contributed by atoms with van der Waals surface area (Å²) in [6.07, 6.45) is 2.67. The summed E-state index contributed by atoms with van der Waals surface area (Å²) < 4.78 is 0. The first-order valence-electron chi connectivity index (χ1n) is 4.94. The maximum Gasteiger partial charge on any atom is 0.286 e. The topological polar surface area (TPSA) is 89.4 Å². The zero-order valence-electron chi connectivity index (χ0n) is 8.24. The molecule has 0 radical (unpaired) electrons. The van der Waals surface area contributed by atoms with Gasteiger partial charge in [0.25, 0.3) is 5.91 Å². The van der Waals surface area contributed by atoms with Crippen molar-refractivity contribution in [3.63, 3.8) is 0 Å². The van der Waals surface area contributed by atoms with Crippen LogP contribution in [0.1, 0.15) is 19.3 Å². The molecule has 14 heavy (non-hydrogen) atoms. The Hall–Kier alpha value is -0.940. The Morgan fingerprint density at radius 1 is 1.29 bits per heavy atom. The maximum absolute atomic E-state index is 11.4. The van der Waals surface area contributed by atoms with Gasteiger partial charge in [-0.1, -0.05) is 0 Å². The molecule has 4 N–H and O–H groups in total. The molecule has 1 unspecified atom stereocenters. The van der Waals surface area contributed by atoms with Crippen LogP contribution in [0, 0.1) is 0 Å². The number of likely N-dealkylation sites (tertiary alicyclic amines) is 1. The van der Waals surface area contributed by atoms with Crippen LogP contribution < -0.4 is 11.5 Å². The van der Waals surface area contributed by atoms with Crippen molar-refractivity contribution in [2.24, 2.45) is 11.5 Å². The van der Waals surface area contributed by atoms with E-state index in [0.717, 1.165) is 25.9 Å². The van der Waals surface area contributed by atoms with Gasteiger partial charge in [0, 0.05) is 0 Å². The lowest BCUT2D eigenvalue weighted by atomic mass is 10.1. The molecule has 0 bridgehead atoms. The summed E-state index contributed by atoms with van der Waals surface area (Å²) in [5.41, 5.74) is 10.4. The second kappa shape index (κ2) is 5.07. The minimum Gasteiger partial charge on any atom is -0.363 e. The van der Waals surface area contributed by atoms with Crippen LogP contribution in [0.5, 0.6) is 0 Å². The van der Waals surface area contributed by atoms with Crippen LogP contribution >= 0.6 is 0 Å². The quantitative estimate of drug-likeness (QED) is 0.547. The van der Waals surface area contributed by atoms with E-state index in [1.165, 1.54) is 0 Å². The normalized spacial score (nSPS) is 19.5. The van der Waals surface area contributed by atoms with E-state index in [1.54, 1.807) is 0 Å². The highest BCUT2D eigenvalue weighted by Gasteiger charge is 2.30. The highest BCUT2D eigenvalue weighted by Crippen LogP contribution is 2.14. The lowest BCUT2D eigenvalue weighted by molar-refractivity contribution is -0.139. The number of ketones is 1. The Bertz CT molecular complexity index is 224. The van der Waals surface area contributed by atoms with Crippen molar-refractivity contribution in [3.05, 3.63) is 0 Å². The molecular formula is C9H17N3O2. The van der Waals surface area contributed by atoms with E-state index >= 15 is 0 Å². The number of nitrogens with two attached hydrogens (primary N) is 2. The monoisotopic (exact) mass is 199 g/mol. The summed E-state index contributed by atoms with van der Waals surface area (Å²) in [4.78, 5) is 24.2. The van der Waals surface area contributed by atoms with Crippen molar-refractivity contribution in [3.8, 4) is 0 Å². The van der Waals surface area contributed by atoms with E-state index in [0.29, 0.717) is 13.0 Å². The van der Waals surface area contributed by atoms with Gasteiger partial charge in [-0.3, -0.25) is 14.5 Å². The highest BCUT2D eigenvalue weighted by molar-refractivity contribution is 6.37. The van der Waals surface area contributed by atoms with Gasteiger partial charge in [0.15, 0.2) is 0 Å². The van der Waals surface area contributed by atoms with Crippen LogP contribution in [-0.2, 0) is 9.59 Å². The number of primary amides is 1. The molecule has 0 saturated carbocycles. The maximum atomic E-state index is 11.4. The van der Waals surface area contributed by atoms with Gasteiger partial charge in [-0.05, 0) is 38.9 Å². The van der Waals surface area contributed by atoms with Crippen LogP contribution in [0.3, 0.4) is 0 Å². The molecule has 0 aliphatic carbocycles. The van der Waals surface area contributed by atoms with Gasteiger partial charge in [-0.15, -0.1) is 0 Å². The van der Waals surface area contributed by atoms with Crippen molar-refractivity contribution in [2.75, 3.05) is 19.6 Å². The third-order valence-electron chi connectivity index (χ3n) is 2.57. The van der Waals surface area contributed by atoms with Crippen molar-refractivity contribution in [1.29, 1.82) is 0 Å². The Labute approximate surface area is 83.4 Å². The Balaban J connectivity index is 2.61. The number of nitrogens with zero attached hydrogens (tertiary/aromatic N) is 1. The molecule has 0 spiro atoms. The van der Waals surface area contributed by atoms with Gasteiger partial charge in [0.1, 0.15) is 0 Å². The zero-order valence-corrected chi connectivity index (χ0v) is 8.24. The summed E-state index contributed by atoms with van der Waals surface area (Å²) in [5, 5.41) is 0. The number of amides is 1. The van der Waals surface area contributed by atoms with Crippen LogP contribution in [0.4, 0.5) is 0 Å². The third kappa shape index (κ3) is 2.52. The smallest absolute Gasteiger partial charge is 0.286 e. The number of hydrogen-bond acceptors (Lipinski definition) is 4. The fraction of sp³-hybridized carbons (Fsp3) is 0.778. The number of carbonyl (C=O) groups is 2. The largest absolute Gasteiger partial charge is 0.363 e. The van der Waals surface area contributed by atoms with Gasteiger partial charge in [0.2, 0.25) is 5.78 Å². The minimum absolute atomic E-state index is 0.389. The molecule has 1 aliphatic heterocycles. The van der Waals surface area contributed by atoms with Crippen LogP contribution in [0.25, 0.3) is 0 Å². The van der Waals surface area contributed by atoms with Crippen molar-refractivity contribution < 1.29 is 9.59 Å². The van der Waals surface area contributed by atoms with E-state index < -0.39 is 11.7 Å². The van der Waals surface area contributed by atoms with Crippen LogP contribution in [-0.4, -0.2) is 42.3 Å². The second-order valence-electron chi connectivity index (χ2n) is 3.56. The predicted octanol–water partition coefficient (Wildman–Crippen LogP) is -1.15. The molecule has 1 heterocycles. The van der Waals surface area contributed by atoms with E-state index in [2.05, 4.69) is 0 Å². The lowest BCUT2D eigenvalue weighted by Crippen LogP contribution is -2.46. The first-order valence-corrected chi connectivity index (χ1v) is 4.94. The molecule has 0 aromatic carbocycles. The van der Waals surface area contributed by atoms with Crippen molar-refractivity contribution >= 4 is 11.7 Å². The number of carbonyl (C=O) groups excluding carboxylic acids is 2. The van der Waals surface area contributed by atoms with Gasteiger partial charge in [0.05, 0.1) is 6.04 Å². The third-order valence-corrected chi connectivity index (χ3v) is 2.57.